The Hall–Kier alpha value is -3.34. The molecule has 0 saturated carbocycles. The molecule has 1 aromatic rings. The summed E-state index contributed by atoms with van der Waals surface area (Å²) in [6, 6.07) is 15.8. The summed E-state index contributed by atoms with van der Waals surface area (Å²) in [6.45, 7) is 4.03. The van der Waals surface area contributed by atoms with Crippen LogP contribution in [0.5, 0.6) is 0 Å². The summed E-state index contributed by atoms with van der Waals surface area (Å²) in [7, 11) is 0. The molecule has 0 spiro atoms. The Kier molecular flexibility index (Phi) is 3.72. The lowest BCUT2D eigenvalue weighted by molar-refractivity contribution is 0.236. The van der Waals surface area contributed by atoms with Gasteiger partial charge < -0.3 is 0 Å². The molecule has 4 nitrogen and oxygen atoms in total. The van der Waals surface area contributed by atoms with Crippen molar-refractivity contribution in [2.75, 3.05) is 0 Å². The van der Waals surface area contributed by atoms with Crippen LogP contribution >= 0.6 is 0 Å². The third-order valence-electron chi connectivity index (χ3n) is 5.42. The fourth-order valence-corrected chi connectivity index (χ4v) is 4.06. The van der Waals surface area contributed by atoms with Crippen LogP contribution in [0.15, 0.2) is 41.5 Å². The molecule has 120 valence electrons. The van der Waals surface area contributed by atoms with Gasteiger partial charge in [-0.2, -0.15) is 21.0 Å². The number of fused-ring (bicyclic) bond motifs is 3. The van der Waals surface area contributed by atoms with Crippen molar-refractivity contribution in [1.82, 2.24) is 0 Å². The standard InChI is InChI=1S/C21H16N4/c1-14(2)18-9-20(10-22,11-23)21(12-24,13-25)19-16-6-4-3-5-15(16)7-8-17(18)19/h3-8,14,19H,9H2,1-2H3. The topological polar surface area (TPSA) is 95.2 Å². The van der Waals surface area contributed by atoms with E-state index in [1.807, 2.05) is 62.4 Å². The maximum atomic E-state index is 10.0. The lowest BCUT2D eigenvalue weighted by atomic mass is 9.49. The Bertz CT molecular complexity index is 939. The van der Waals surface area contributed by atoms with Crippen LogP contribution in [0.3, 0.4) is 0 Å². The van der Waals surface area contributed by atoms with E-state index in [0.717, 1.165) is 22.3 Å². The number of allylic oxidation sites excluding steroid dienone is 3. The summed E-state index contributed by atoms with van der Waals surface area (Å²) in [4.78, 5) is 0. The average molecular weight is 324 g/mol. The first-order chi connectivity index (χ1) is 12.0. The van der Waals surface area contributed by atoms with Gasteiger partial charge in [-0.15, -0.1) is 0 Å². The van der Waals surface area contributed by atoms with Crippen LogP contribution in [-0.2, 0) is 0 Å². The van der Waals surface area contributed by atoms with E-state index in [0.29, 0.717) is 0 Å². The van der Waals surface area contributed by atoms with Gasteiger partial charge in [-0.1, -0.05) is 55.8 Å². The minimum atomic E-state index is -1.74. The minimum absolute atomic E-state index is 0.115. The zero-order valence-electron chi connectivity index (χ0n) is 14.1. The number of nitriles is 4. The molecular formula is C21H16N4. The van der Waals surface area contributed by atoms with Crippen molar-refractivity contribution in [3.05, 3.63) is 52.6 Å². The van der Waals surface area contributed by atoms with Crippen molar-refractivity contribution in [2.45, 2.75) is 26.2 Å². The van der Waals surface area contributed by atoms with Crippen LogP contribution in [-0.4, -0.2) is 0 Å². The minimum Gasteiger partial charge on any atom is -0.196 e. The molecule has 1 aromatic carbocycles. The van der Waals surface area contributed by atoms with Crippen LogP contribution in [0.4, 0.5) is 0 Å². The second-order valence-corrected chi connectivity index (χ2v) is 6.87. The predicted molar refractivity (Wildman–Crippen MR) is 92.0 cm³/mol. The van der Waals surface area contributed by atoms with E-state index >= 15 is 0 Å². The zero-order chi connectivity index (χ0) is 18.2. The molecule has 0 heterocycles. The molecule has 0 radical (unpaired) electrons. The summed E-state index contributed by atoms with van der Waals surface area (Å²) in [5.74, 6) is -0.488. The van der Waals surface area contributed by atoms with Gasteiger partial charge in [0.05, 0.1) is 24.3 Å². The van der Waals surface area contributed by atoms with Gasteiger partial charge in [-0.05, 0) is 22.6 Å². The largest absolute Gasteiger partial charge is 0.196 e. The smallest absolute Gasteiger partial charge is 0.186 e. The molecule has 0 N–H and O–H groups in total. The maximum Gasteiger partial charge on any atom is 0.186 e. The molecule has 0 fully saturated rings. The van der Waals surface area contributed by atoms with E-state index in [1.54, 1.807) is 0 Å². The van der Waals surface area contributed by atoms with Gasteiger partial charge in [0.2, 0.25) is 0 Å². The number of hydrogen-bond acceptors (Lipinski definition) is 4. The Morgan fingerprint density at radius 3 is 2.16 bits per heavy atom. The highest BCUT2D eigenvalue weighted by molar-refractivity contribution is 5.69. The fraction of sp³-hybridized carbons (Fsp3) is 0.333. The molecule has 0 aliphatic heterocycles. The lowest BCUT2D eigenvalue weighted by Crippen LogP contribution is -2.48. The molecule has 1 unspecified atom stereocenters. The van der Waals surface area contributed by atoms with Crippen LogP contribution in [0, 0.1) is 62.1 Å². The molecule has 0 aromatic heterocycles. The maximum absolute atomic E-state index is 10.0. The molecule has 0 saturated heterocycles. The van der Waals surface area contributed by atoms with E-state index in [-0.39, 0.29) is 12.3 Å². The number of nitrogens with zero attached hydrogens (tertiary/aromatic N) is 4. The van der Waals surface area contributed by atoms with Crippen LogP contribution in [0.2, 0.25) is 0 Å². The van der Waals surface area contributed by atoms with Crippen LogP contribution < -0.4 is 0 Å². The highest BCUT2D eigenvalue weighted by Gasteiger charge is 2.63. The van der Waals surface area contributed by atoms with E-state index < -0.39 is 16.7 Å². The van der Waals surface area contributed by atoms with Gasteiger partial charge in [0.15, 0.2) is 10.8 Å². The average Bonchev–Trinajstić information content (AvgIpc) is 2.66. The summed E-state index contributed by atoms with van der Waals surface area (Å²) in [5, 5.41) is 39.7. The Balaban J connectivity index is 2.47. The van der Waals surface area contributed by atoms with Crippen LogP contribution in [0.1, 0.15) is 37.3 Å². The summed E-state index contributed by atoms with van der Waals surface area (Å²) >= 11 is 0. The van der Waals surface area contributed by atoms with Gasteiger partial charge in [-0.25, -0.2) is 0 Å². The molecule has 1 atom stereocenters. The van der Waals surface area contributed by atoms with Crippen molar-refractivity contribution in [3.63, 3.8) is 0 Å². The fourth-order valence-electron chi connectivity index (χ4n) is 4.06. The second kappa shape index (κ2) is 5.63. The molecule has 4 heteroatoms. The molecule has 2 aliphatic rings. The van der Waals surface area contributed by atoms with Crippen LogP contribution in [0.25, 0.3) is 6.08 Å². The highest BCUT2D eigenvalue weighted by atomic mass is 14.6. The van der Waals surface area contributed by atoms with Gasteiger partial charge in [0, 0.05) is 12.3 Å². The number of hydrogen-bond donors (Lipinski definition) is 0. The second-order valence-electron chi connectivity index (χ2n) is 6.87. The van der Waals surface area contributed by atoms with Gasteiger partial charge in [0.1, 0.15) is 0 Å². The molecule has 0 amide bonds. The lowest BCUT2D eigenvalue weighted by Gasteiger charge is -2.46. The summed E-state index contributed by atoms with van der Waals surface area (Å²) in [6.07, 6.45) is 4.05. The number of rotatable bonds is 1. The van der Waals surface area contributed by atoms with Crippen molar-refractivity contribution in [1.29, 1.82) is 21.0 Å². The van der Waals surface area contributed by atoms with E-state index in [9.17, 15) is 21.0 Å². The van der Waals surface area contributed by atoms with Crippen molar-refractivity contribution in [3.8, 4) is 24.3 Å². The third-order valence-corrected chi connectivity index (χ3v) is 5.42. The number of benzene rings is 1. The van der Waals surface area contributed by atoms with Gasteiger partial charge in [-0.3, -0.25) is 0 Å². The molecule has 3 rings (SSSR count). The normalized spacial score (nSPS) is 22.0. The first-order valence-electron chi connectivity index (χ1n) is 8.15. The molecule has 2 aliphatic carbocycles. The third kappa shape index (κ3) is 1.96. The SMILES string of the molecule is CC(C)C1=C2C=Cc3ccccc3C2C(C#N)(C#N)C(C#N)(C#N)C1. The molecule has 0 bridgehead atoms. The predicted octanol–water partition coefficient (Wildman–Crippen LogP) is 4.22. The Morgan fingerprint density at radius 2 is 1.60 bits per heavy atom. The Labute approximate surface area is 147 Å². The summed E-state index contributed by atoms with van der Waals surface area (Å²) < 4.78 is 0. The zero-order valence-corrected chi connectivity index (χ0v) is 14.1. The van der Waals surface area contributed by atoms with E-state index in [4.69, 9.17) is 0 Å². The molecule has 25 heavy (non-hydrogen) atoms. The highest BCUT2D eigenvalue weighted by Crippen LogP contribution is 2.61. The van der Waals surface area contributed by atoms with Crippen molar-refractivity contribution in [2.24, 2.45) is 16.7 Å². The van der Waals surface area contributed by atoms with Crippen molar-refractivity contribution < 1.29 is 0 Å². The quantitative estimate of drug-likeness (QED) is 0.772. The van der Waals surface area contributed by atoms with E-state index in [2.05, 4.69) is 12.1 Å². The Morgan fingerprint density at radius 1 is 0.960 bits per heavy atom. The monoisotopic (exact) mass is 324 g/mol. The van der Waals surface area contributed by atoms with Crippen molar-refractivity contribution >= 4 is 6.08 Å². The van der Waals surface area contributed by atoms with Gasteiger partial charge >= 0.3 is 0 Å². The first kappa shape index (κ1) is 16.5. The van der Waals surface area contributed by atoms with Gasteiger partial charge in [0.25, 0.3) is 0 Å². The van der Waals surface area contributed by atoms with E-state index in [1.165, 1.54) is 0 Å². The first-order valence-corrected chi connectivity index (χ1v) is 8.15. The molecular weight excluding hydrogens is 308 g/mol. The summed E-state index contributed by atoms with van der Waals surface area (Å²) in [5.41, 5.74) is 0.183.